The van der Waals surface area contributed by atoms with Crippen LogP contribution in [-0.4, -0.2) is 39.0 Å². The van der Waals surface area contributed by atoms with Gasteiger partial charge in [0.1, 0.15) is 5.82 Å². The third-order valence-electron chi connectivity index (χ3n) is 2.44. The van der Waals surface area contributed by atoms with Crippen LogP contribution in [0.15, 0.2) is 12.4 Å². The number of thioether (sulfide) groups is 1. The number of nitrogen functional groups attached to an aromatic ring is 1. The van der Waals surface area contributed by atoms with Gasteiger partial charge >= 0.3 is 0 Å². The van der Waals surface area contributed by atoms with Crippen LogP contribution in [0.25, 0.3) is 0 Å². The quantitative estimate of drug-likeness (QED) is 0.812. The Kier molecular flexibility index (Phi) is 3.43. The first-order valence-corrected chi connectivity index (χ1v) is 6.19. The molecule has 0 aromatic carbocycles. The zero-order valence-corrected chi connectivity index (χ0v) is 9.70. The van der Waals surface area contributed by atoms with Crippen LogP contribution < -0.4 is 5.73 Å². The van der Waals surface area contributed by atoms with Gasteiger partial charge in [0.25, 0.3) is 0 Å². The van der Waals surface area contributed by atoms with E-state index in [1.54, 1.807) is 12.4 Å². The summed E-state index contributed by atoms with van der Waals surface area (Å²) in [6.45, 7) is 5.43. The summed E-state index contributed by atoms with van der Waals surface area (Å²) >= 11 is 2.04. The smallest absolute Gasteiger partial charge is 0.141 e. The molecular formula is C10H16N4S. The highest BCUT2D eigenvalue weighted by atomic mass is 32.2. The molecule has 2 N–H and O–H groups in total. The SMILES string of the molecule is CC1CN(Cc2cnc(N)cn2)CCS1. The van der Waals surface area contributed by atoms with Crippen molar-refractivity contribution in [1.82, 2.24) is 14.9 Å². The Bertz CT molecular complexity index is 314. The van der Waals surface area contributed by atoms with Gasteiger partial charge in [0.2, 0.25) is 0 Å². The molecule has 82 valence electrons. The minimum absolute atomic E-state index is 0.487. The van der Waals surface area contributed by atoms with E-state index in [0.717, 1.165) is 30.6 Å². The van der Waals surface area contributed by atoms with Crippen molar-refractivity contribution in [2.45, 2.75) is 18.7 Å². The summed E-state index contributed by atoms with van der Waals surface area (Å²) in [6.07, 6.45) is 3.39. The van der Waals surface area contributed by atoms with Crippen molar-refractivity contribution in [3.63, 3.8) is 0 Å². The van der Waals surface area contributed by atoms with Crippen molar-refractivity contribution in [2.24, 2.45) is 0 Å². The van der Waals surface area contributed by atoms with E-state index in [1.165, 1.54) is 5.75 Å². The molecule has 1 fully saturated rings. The van der Waals surface area contributed by atoms with Gasteiger partial charge in [-0.2, -0.15) is 11.8 Å². The molecule has 5 heteroatoms. The Morgan fingerprint density at radius 2 is 2.40 bits per heavy atom. The molecule has 1 aliphatic rings. The molecule has 0 spiro atoms. The standard InChI is InChI=1S/C10H16N4S/c1-8-6-14(2-3-15-8)7-9-4-13-10(11)5-12-9/h4-5,8H,2-3,6-7H2,1H3,(H2,11,13). The molecule has 0 saturated carbocycles. The molecule has 15 heavy (non-hydrogen) atoms. The van der Waals surface area contributed by atoms with E-state index in [4.69, 9.17) is 5.73 Å². The molecule has 2 heterocycles. The van der Waals surface area contributed by atoms with Crippen LogP contribution in [0.4, 0.5) is 5.82 Å². The van der Waals surface area contributed by atoms with Crippen molar-refractivity contribution in [3.8, 4) is 0 Å². The van der Waals surface area contributed by atoms with Crippen LogP contribution in [0.2, 0.25) is 0 Å². The molecule has 0 bridgehead atoms. The fourth-order valence-corrected chi connectivity index (χ4v) is 2.79. The Hall–Kier alpha value is -0.810. The highest BCUT2D eigenvalue weighted by molar-refractivity contribution is 7.99. The number of aromatic nitrogens is 2. The lowest BCUT2D eigenvalue weighted by atomic mass is 10.3. The third kappa shape index (κ3) is 3.07. The van der Waals surface area contributed by atoms with Gasteiger partial charge in [-0.05, 0) is 0 Å². The lowest BCUT2D eigenvalue weighted by Gasteiger charge is -2.29. The van der Waals surface area contributed by atoms with Crippen LogP contribution in [0, 0.1) is 0 Å². The molecule has 4 nitrogen and oxygen atoms in total. The summed E-state index contributed by atoms with van der Waals surface area (Å²) in [6, 6.07) is 0. The highest BCUT2D eigenvalue weighted by Crippen LogP contribution is 2.18. The van der Waals surface area contributed by atoms with Crippen LogP contribution in [-0.2, 0) is 6.54 Å². The summed E-state index contributed by atoms with van der Waals surface area (Å²) in [4.78, 5) is 10.7. The first-order valence-electron chi connectivity index (χ1n) is 5.14. The normalized spacial score (nSPS) is 22.9. The maximum atomic E-state index is 5.49. The monoisotopic (exact) mass is 224 g/mol. The van der Waals surface area contributed by atoms with E-state index >= 15 is 0 Å². The first-order chi connectivity index (χ1) is 7.24. The highest BCUT2D eigenvalue weighted by Gasteiger charge is 2.16. The topological polar surface area (TPSA) is 55.0 Å². The lowest BCUT2D eigenvalue weighted by Crippen LogP contribution is -2.36. The molecule has 0 radical (unpaired) electrons. The predicted octanol–water partition coefficient (Wildman–Crippen LogP) is 0.996. The number of hydrogen-bond donors (Lipinski definition) is 1. The van der Waals surface area contributed by atoms with Gasteiger partial charge in [-0.3, -0.25) is 9.88 Å². The minimum Gasteiger partial charge on any atom is -0.382 e. The Balaban J connectivity index is 1.93. The summed E-state index contributed by atoms with van der Waals surface area (Å²) in [7, 11) is 0. The molecule has 0 aliphatic carbocycles. The van der Waals surface area contributed by atoms with Gasteiger partial charge in [-0.15, -0.1) is 0 Å². The second kappa shape index (κ2) is 4.81. The van der Waals surface area contributed by atoms with E-state index in [9.17, 15) is 0 Å². The molecule has 1 unspecified atom stereocenters. The Labute approximate surface area is 94.3 Å². The Morgan fingerprint density at radius 1 is 1.53 bits per heavy atom. The van der Waals surface area contributed by atoms with Crippen LogP contribution in [0.1, 0.15) is 12.6 Å². The number of nitrogens with zero attached hydrogens (tertiary/aromatic N) is 3. The maximum absolute atomic E-state index is 5.49. The molecular weight excluding hydrogens is 208 g/mol. The molecule has 1 aromatic rings. The van der Waals surface area contributed by atoms with Crippen LogP contribution in [0.5, 0.6) is 0 Å². The van der Waals surface area contributed by atoms with E-state index in [0.29, 0.717) is 5.82 Å². The lowest BCUT2D eigenvalue weighted by molar-refractivity contribution is 0.275. The van der Waals surface area contributed by atoms with Crippen molar-refractivity contribution < 1.29 is 0 Å². The Morgan fingerprint density at radius 3 is 3.07 bits per heavy atom. The van der Waals surface area contributed by atoms with Gasteiger partial charge in [-0.25, -0.2) is 4.98 Å². The molecule has 1 aliphatic heterocycles. The van der Waals surface area contributed by atoms with Crippen LogP contribution >= 0.6 is 11.8 Å². The number of anilines is 1. The van der Waals surface area contributed by atoms with Crippen molar-refractivity contribution in [1.29, 1.82) is 0 Å². The average Bonchev–Trinajstić information content (AvgIpc) is 2.22. The maximum Gasteiger partial charge on any atom is 0.141 e. The number of nitrogens with two attached hydrogens (primary N) is 1. The van der Waals surface area contributed by atoms with Gasteiger partial charge < -0.3 is 5.73 Å². The fraction of sp³-hybridized carbons (Fsp3) is 0.600. The van der Waals surface area contributed by atoms with E-state index in [-0.39, 0.29) is 0 Å². The van der Waals surface area contributed by atoms with E-state index in [1.807, 2.05) is 11.8 Å². The second-order valence-electron chi connectivity index (χ2n) is 3.85. The van der Waals surface area contributed by atoms with Crippen LogP contribution in [0.3, 0.4) is 0 Å². The van der Waals surface area contributed by atoms with Crippen molar-refractivity contribution in [2.75, 3.05) is 24.6 Å². The molecule has 1 aromatic heterocycles. The van der Waals surface area contributed by atoms with Gasteiger partial charge in [0.05, 0.1) is 18.1 Å². The zero-order valence-electron chi connectivity index (χ0n) is 8.89. The van der Waals surface area contributed by atoms with Gasteiger partial charge in [0.15, 0.2) is 0 Å². The predicted molar refractivity (Wildman–Crippen MR) is 63.6 cm³/mol. The number of rotatable bonds is 2. The zero-order chi connectivity index (χ0) is 10.7. The average molecular weight is 224 g/mol. The number of hydrogen-bond acceptors (Lipinski definition) is 5. The largest absolute Gasteiger partial charge is 0.382 e. The summed E-state index contributed by atoms with van der Waals surface area (Å²) < 4.78 is 0. The summed E-state index contributed by atoms with van der Waals surface area (Å²) in [5, 5.41) is 0.723. The van der Waals surface area contributed by atoms with Crippen molar-refractivity contribution >= 4 is 17.6 Å². The third-order valence-corrected chi connectivity index (χ3v) is 3.57. The second-order valence-corrected chi connectivity index (χ2v) is 5.40. The molecule has 1 saturated heterocycles. The molecule has 0 amide bonds. The van der Waals surface area contributed by atoms with Gasteiger partial charge in [-0.1, -0.05) is 6.92 Å². The minimum atomic E-state index is 0.487. The summed E-state index contributed by atoms with van der Waals surface area (Å²) in [5.41, 5.74) is 6.49. The molecule has 1 atom stereocenters. The first kappa shape index (κ1) is 10.7. The summed E-state index contributed by atoms with van der Waals surface area (Å²) in [5.74, 6) is 1.70. The van der Waals surface area contributed by atoms with E-state index < -0.39 is 0 Å². The van der Waals surface area contributed by atoms with E-state index in [2.05, 4.69) is 21.8 Å². The van der Waals surface area contributed by atoms with Crippen molar-refractivity contribution in [3.05, 3.63) is 18.1 Å². The molecule has 2 rings (SSSR count). The van der Waals surface area contributed by atoms with Gasteiger partial charge in [0, 0.05) is 30.6 Å². The fourth-order valence-electron chi connectivity index (χ4n) is 1.71.